The Hall–Kier alpha value is -2.19. The molecule has 0 aliphatic carbocycles. The lowest BCUT2D eigenvalue weighted by Gasteiger charge is -2.05. The van der Waals surface area contributed by atoms with Crippen molar-refractivity contribution >= 4 is 16.0 Å². The average Bonchev–Trinajstić information content (AvgIpc) is 3.02. The normalized spacial score (nSPS) is 11.4. The number of hydrogen-bond acceptors (Lipinski definition) is 5. The van der Waals surface area contributed by atoms with E-state index in [0.717, 1.165) is 5.56 Å². The van der Waals surface area contributed by atoms with Crippen LogP contribution in [-0.4, -0.2) is 37.3 Å². The molecule has 130 valence electrons. The van der Waals surface area contributed by atoms with Gasteiger partial charge < -0.3 is 4.74 Å². The van der Waals surface area contributed by atoms with E-state index in [1.807, 2.05) is 30.3 Å². The van der Waals surface area contributed by atoms with Gasteiger partial charge in [0.05, 0.1) is 19.3 Å². The summed E-state index contributed by atoms with van der Waals surface area (Å²) in [5, 5.41) is 4.08. The lowest BCUT2D eigenvalue weighted by molar-refractivity contribution is -0.143. The lowest BCUT2D eigenvalue weighted by atomic mass is 10.2. The lowest BCUT2D eigenvalue weighted by Crippen LogP contribution is -2.25. The van der Waals surface area contributed by atoms with Crippen molar-refractivity contribution in [2.24, 2.45) is 0 Å². The predicted octanol–water partition coefficient (Wildman–Crippen LogP) is 1.55. The van der Waals surface area contributed by atoms with Gasteiger partial charge in [-0.25, -0.2) is 13.1 Å². The maximum atomic E-state index is 12.2. The molecule has 24 heavy (non-hydrogen) atoms. The van der Waals surface area contributed by atoms with Crippen LogP contribution in [0.4, 0.5) is 0 Å². The van der Waals surface area contributed by atoms with Crippen molar-refractivity contribution < 1.29 is 17.9 Å². The van der Waals surface area contributed by atoms with Crippen molar-refractivity contribution in [3.63, 3.8) is 0 Å². The maximum absolute atomic E-state index is 12.2. The van der Waals surface area contributed by atoms with E-state index in [-0.39, 0.29) is 23.8 Å². The molecule has 1 aromatic carbocycles. The standard InChI is InChI=1S/C16H21N3O4S/c1-2-23-16(20)9-6-10-18-24(21,22)15-11-17-19(13-15)12-14-7-4-3-5-8-14/h3-5,7-8,11,13,18H,2,6,9-10,12H2,1H3. The summed E-state index contributed by atoms with van der Waals surface area (Å²) in [5.41, 5.74) is 1.03. The molecule has 7 nitrogen and oxygen atoms in total. The van der Waals surface area contributed by atoms with E-state index in [2.05, 4.69) is 9.82 Å². The third-order valence-electron chi connectivity index (χ3n) is 3.26. The Balaban J connectivity index is 1.87. The van der Waals surface area contributed by atoms with Crippen LogP contribution < -0.4 is 4.72 Å². The number of nitrogens with one attached hydrogen (secondary N) is 1. The number of sulfonamides is 1. The highest BCUT2D eigenvalue weighted by Crippen LogP contribution is 2.09. The number of rotatable bonds is 9. The van der Waals surface area contributed by atoms with Gasteiger partial charge in [-0.1, -0.05) is 30.3 Å². The summed E-state index contributed by atoms with van der Waals surface area (Å²) >= 11 is 0. The first kappa shape index (κ1) is 18.2. The van der Waals surface area contributed by atoms with Crippen LogP contribution in [0, 0.1) is 0 Å². The van der Waals surface area contributed by atoms with Crippen LogP contribution in [0.3, 0.4) is 0 Å². The molecular formula is C16H21N3O4S. The van der Waals surface area contributed by atoms with Gasteiger partial charge in [0, 0.05) is 19.2 Å². The van der Waals surface area contributed by atoms with Crippen molar-refractivity contribution in [2.75, 3.05) is 13.2 Å². The smallest absolute Gasteiger partial charge is 0.305 e. The van der Waals surface area contributed by atoms with Gasteiger partial charge in [-0.2, -0.15) is 5.10 Å². The van der Waals surface area contributed by atoms with Crippen molar-refractivity contribution in [1.29, 1.82) is 0 Å². The first-order valence-electron chi connectivity index (χ1n) is 7.73. The predicted molar refractivity (Wildman–Crippen MR) is 88.8 cm³/mol. The molecule has 0 amide bonds. The van der Waals surface area contributed by atoms with Gasteiger partial charge in [-0.05, 0) is 18.9 Å². The van der Waals surface area contributed by atoms with Crippen molar-refractivity contribution in [2.45, 2.75) is 31.2 Å². The van der Waals surface area contributed by atoms with Gasteiger partial charge >= 0.3 is 5.97 Å². The van der Waals surface area contributed by atoms with Gasteiger partial charge in [0.1, 0.15) is 4.90 Å². The maximum Gasteiger partial charge on any atom is 0.305 e. The van der Waals surface area contributed by atoms with Crippen LogP contribution >= 0.6 is 0 Å². The highest BCUT2D eigenvalue weighted by Gasteiger charge is 2.16. The molecule has 0 atom stereocenters. The quantitative estimate of drug-likeness (QED) is 0.547. The summed E-state index contributed by atoms with van der Waals surface area (Å²) in [4.78, 5) is 11.3. The second kappa shape index (κ2) is 8.60. The minimum Gasteiger partial charge on any atom is -0.466 e. The Bertz CT molecular complexity index is 757. The summed E-state index contributed by atoms with van der Waals surface area (Å²) in [5.74, 6) is -0.327. The molecule has 0 aliphatic heterocycles. The molecule has 0 bridgehead atoms. The van der Waals surface area contributed by atoms with Crippen LogP contribution in [0.15, 0.2) is 47.6 Å². The zero-order chi connectivity index (χ0) is 17.4. The van der Waals surface area contributed by atoms with Gasteiger partial charge in [-0.3, -0.25) is 9.48 Å². The second-order valence-corrected chi connectivity index (χ2v) is 6.93. The van der Waals surface area contributed by atoms with E-state index < -0.39 is 10.0 Å². The molecular weight excluding hydrogens is 330 g/mol. The number of carbonyl (C=O) groups is 1. The topological polar surface area (TPSA) is 90.3 Å². The number of nitrogens with zero attached hydrogens (tertiary/aromatic N) is 2. The van der Waals surface area contributed by atoms with E-state index >= 15 is 0 Å². The van der Waals surface area contributed by atoms with E-state index in [1.165, 1.54) is 12.4 Å². The number of hydrogen-bond donors (Lipinski definition) is 1. The number of esters is 1. The van der Waals surface area contributed by atoms with Crippen molar-refractivity contribution in [1.82, 2.24) is 14.5 Å². The van der Waals surface area contributed by atoms with Gasteiger partial charge in [0.2, 0.25) is 10.0 Å². The summed E-state index contributed by atoms with van der Waals surface area (Å²) in [6.07, 6.45) is 3.37. The molecule has 2 aromatic rings. The summed E-state index contributed by atoms with van der Waals surface area (Å²) in [6, 6.07) is 9.65. The Morgan fingerprint density at radius 2 is 2.04 bits per heavy atom. The van der Waals surface area contributed by atoms with Gasteiger partial charge in [-0.15, -0.1) is 0 Å². The van der Waals surface area contributed by atoms with Gasteiger partial charge in [0.25, 0.3) is 0 Å². The first-order chi connectivity index (χ1) is 11.5. The van der Waals surface area contributed by atoms with Crippen LogP contribution in [0.2, 0.25) is 0 Å². The van der Waals surface area contributed by atoms with E-state index in [1.54, 1.807) is 11.6 Å². The fraction of sp³-hybridized carbons (Fsp3) is 0.375. The minimum atomic E-state index is -3.63. The molecule has 2 rings (SSSR count). The molecule has 1 heterocycles. The molecule has 0 radical (unpaired) electrons. The highest BCUT2D eigenvalue weighted by atomic mass is 32.2. The third kappa shape index (κ3) is 5.47. The fourth-order valence-corrected chi connectivity index (χ4v) is 3.12. The highest BCUT2D eigenvalue weighted by molar-refractivity contribution is 7.89. The number of carbonyl (C=O) groups excluding carboxylic acids is 1. The molecule has 0 saturated heterocycles. The molecule has 0 unspecified atom stereocenters. The van der Waals surface area contributed by atoms with E-state index in [9.17, 15) is 13.2 Å². The number of benzene rings is 1. The van der Waals surface area contributed by atoms with E-state index in [0.29, 0.717) is 19.6 Å². The Labute approximate surface area is 141 Å². The molecule has 0 spiro atoms. The van der Waals surface area contributed by atoms with Crippen LogP contribution in [0.5, 0.6) is 0 Å². The largest absolute Gasteiger partial charge is 0.466 e. The van der Waals surface area contributed by atoms with Gasteiger partial charge in [0.15, 0.2) is 0 Å². The number of ether oxygens (including phenoxy) is 1. The Kier molecular flexibility index (Phi) is 6.51. The summed E-state index contributed by atoms with van der Waals surface area (Å²) < 4.78 is 33.2. The zero-order valence-corrected chi connectivity index (χ0v) is 14.3. The SMILES string of the molecule is CCOC(=O)CCCNS(=O)(=O)c1cnn(Cc2ccccc2)c1. The molecule has 8 heteroatoms. The second-order valence-electron chi connectivity index (χ2n) is 5.17. The fourth-order valence-electron chi connectivity index (χ4n) is 2.10. The summed E-state index contributed by atoms with van der Waals surface area (Å²) in [7, 11) is -3.63. The molecule has 0 saturated carbocycles. The van der Waals surface area contributed by atoms with Crippen molar-refractivity contribution in [3.05, 3.63) is 48.3 Å². The summed E-state index contributed by atoms with van der Waals surface area (Å²) in [6.45, 7) is 2.73. The van der Waals surface area contributed by atoms with E-state index in [4.69, 9.17) is 4.74 Å². The van der Waals surface area contributed by atoms with Crippen molar-refractivity contribution in [3.8, 4) is 0 Å². The third-order valence-corrected chi connectivity index (χ3v) is 4.68. The Morgan fingerprint density at radius 3 is 2.75 bits per heavy atom. The first-order valence-corrected chi connectivity index (χ1v) is 9.21. The monoisotopic (exact) mass is 351 g/mol. The molecule has 1 N–H and O–H groups in total. The molecule has 1 aromatic heterocycles. The molecule has 0 fully saturated rings. The molecule has 0 aliphatic rings. The van der Waals surface area contributed by atoms with Crippen LogP contribution in [0.1, 0.15) is 25.3 Å². The Morgan fingerprint density at radius 1 is 1.29 bits per heavy atom. The minimum absolute atomic E-state index is 0.106. The average molecular weight is 351 g/mol. The van der Waals surface area contributed by atoms with Crippen LogP contribution in [-0.2, 0) is 26.1 Å². The zero-order valence-electron chi connectivity index (χ0n) is 13.5. The number of aromatic nitrogens is 2. The van der Waals surface area contributed by atoms with Crippen LogP contribution in [0.25, 0.3) is 0 Å².